The first kappa shape index (κ1) is 14.0. The van der Waals surface area contributed by atoms with Crippen molar-refractivity contribution in [3.8, 4) is 0 Å². The zero-order valence-corrected chi connectivity index (χ0v) is 8.29. The molecule has 0 spiro atoms. The van der Waals surface area contributed by atoms with Crippen molar-refractivity contribution in [1.82, 2.24) is 4.90 Å². The van der Waals surface area contributed by atoms with E-state index in [0.717, 1.165) is 19.8 Å². The molecule has 1 fully saturated rings. The molecule has 0 amide bonds. The number of hydrogen-bond donors (Lipinski definition) is 1. The molecule has 0 aliphatic carbocycles. The molecule has 0 unspecified atom stereocenters. The third kappa shape index (κ3) is 4.13. The lowest BCUT2D eigenvalue weighted by atomic mass is 10.2. The number of nitrogens with two attached hydrogens (primary N) is 1. The average Bonchev–Trinajstić information content (AvgIpc) is 1.89. The summed E-state index contributed by atoms with van der Waals surface area (Å²) in [6.07, 6.45) is 0. The first-order valence-corrected chi connectivity index (χ1v) is 3.32. The van der Waals surface area contributed by atoms with E-state index in [9.17, 15) is 0 Å². The smallest absolute Gasteiger partial charge is 0.0634 e. The van der Waals surface area contributed by atoms with E-state index in [1.165, 1.54) is 0 Å². The summed E-state index contributed by atoms with van der Waals surface area (Å²) in [5, 5.41) is 0. The largest absolute Gasteiger partial charge is 0.378 e. The predicted octanol–water partition coefficient (Wildman–Crippen LogP) is 0.119. The van der Waals surface area contributed by atoms with E-state index < -0.39 is 0 Å². The molecule has 1 saturated heterocycles. The Morgan fingerprint density at radius 2 is 2.18 bits per heavy atom. The molecule has 0 bridgehead atoms. The van der Waals surface area contributed by atoms with Crippen LogP contribution in [0.25, 0.3) is 0 Å². The van der Waals surface area contributed by atoms with Gasteiger partial charge in [-0.2, -0.15) is 0 Å². The van der Waals surface area contributed by atoms with Gasteiger partial charge in [0.1, 0.15) is 0 Å². The van der Waals surface area contributed by atoms with Crippen molar-refractivity contribution in [2.75, 3.05) is 33.4 Å². The Hall–Kier alpha value is 0.460. The van der Waals surface area contributed by atoms with E-state index in [0.29, 0.717) is 12.6 Å². The maximum absolute atomic E-state index is 5.47. The molecule has 0 saturated carbocycles. The van der Waals surface area contributed by atoms with E-state index in [4.69, 9.17) is 10.5 Å². The monoisotopic (exact) mass is 202 g/mol. The number of morpholine rings is 1. The Bertz CT molecular complexity index is 94.7. The Morgan fingerprint density at radius 1 is 1.55 bits per heavy atom. The first-order chi connectivity index (χ1) is 4.34. The molecule has 1 aliphatic heterocycles. The van der Waals surface area contributed by atoms with Crippen molar-refractivity contribution in [2.24, 2.45) is 5.73 Å². The lowest BCUT2D eigenvalue weighted by Gasteiger charge is -2.31. The van der Waals surface area contributed by atoms with Crippen LogP contribution < -0.4 is 5.73 Å². The van der Waals surface area contributed by atoms with Crippen molar-refractivity contribution < 1.29 is 4.74 Å². The maximum atomic E-state index is 5.47. The van der Waals surface area contributed by atoms with E-state index in [2.05, 4.69) is 11.9 Å². The Morgan fingerprint density at radius 3 is 2.55 bits per heavy atom. The van der Waals surface area contributed by atoms with Crippen LogP contribution in [0.15, 0.2) is 0 Å². The molecule has 2 N–H and O–H groups in total. The average molecular weight is 203 g/mol. The summed E-state index contributed by atoms with van der Waals surface area (Å²) in [4.78, 5) is 2.24. The number of likely N-dealkylation sites (N-methyl/N-ethyl adjacent to an activating group) is 1. The van der Waals surface area contributed by atoms with E-state index in [-0.39, 0.29) is 24.8 Å². The van der Waals surface area contributed by atoms with Gasteiger partial charge < -0.3 is 10.5 Å². The Balaban J connectivity index is 0. The number of ether oxygens (including phenoxy) is 1. The molecular formula is C6H16Cl2N2O. The Kier molecular flexibility index (Phi) is 9.08. The third-order valence-corrected chi connectivity index (χ3v) is 1.79. The molecule has 1 rings (SSSR count). The van der Waals surface area contributed by atoms with Gasteiger partial charge in [0.15, 0.2) is 0 Å². The van der Waals surface area contributed by atoms with Gasteiger partial charge in [0.25, 0.3) is 0 Å². The minimum Gasteiger partial charge on any atom is -0.378 e. The second-order valence-electron chi connectivity index (χ2n) is 2.45. The van der Waals surface area contributed by atoms with Crippen molar-refractivity contribution in [1.29, 1.82) is 0 Å². The lowest BCUT2D eigenvalue weighted by Crippen LogP contribution is -2.46. The van der Waals surface area contributed by atoms with Gasteiger partial charge in [-0.05, 0) is 7.05 Å². The molecule has 5 heteroatoms. The summed E-state index contributed by atoms with van der Waals surface area (Å²) in [6, 6.07) is 0.443. The molecule has 3 nitrogen and oxygen atoms in total. The fourth-order valence-corrected chi connectivity index (χ4v) is 0.986. The first-order valence-electron chi connectivity index (χ1n) is 3.32. The summed E-state index contributed by atoms with van der Waals surface area (Å²) >= 11 is 0. The van der Waals surface area contributed by atoms with Crippen molar-refractivity contribution in [3.05, 3.63) is 0 Å². The molecule has 0 radical (unpaired) electrons. The van der Waals surface area contributed by atoms with Gasteiger partial charge >= 0.3 is 0 Å². The van der Waals surface area contributed by atoms with Crippen LogP contribution in [0.5, 0.6) is 0 Å². The van der Waals surface area contributed by atoms with Gasteiger partial charge in [0.05, 0.1) is 13.2 Å². The third-order valence-electron chi connectivity index (χ3n) is 1.79. The number of halogens is 2. The highest BCUT2D eigenvalue weighted by Gasteiger charge is 2.16. The van der Waals surface area contributed by atoms with Gasteiger partial charge in [-0.3, -0.25) is 4.90 Å². The van der Waals surface area contributed by atoms with Crippen LogP contribution in [-0.4, -0.2) is 44.3 Å². The van der Waals surface area contributed by atoms with Crippen LogP contribution in [0.1, 0.15) is 0 Å². The van der Waals surface area contributed by atoms with Gasteiger partial charge in [0.2, 0.25) is 0 Å². The Labute approximate surface area is 80.1 Å². The highest BCUT2D eigenvalue weighted by atomic mass is 35.5. The molecule has 0 aromatic carbocycles. The van der Waals surface area contributed by atoms with Crippen molar-refractivity contribution >= 4 is 24.8 Å². The van der Waals surface area contributed by atoms with Crippen LogP contribution in [0, 0.1) is 0 Å². The minimum atomic E-state index is 0. The van der Waals surface area contributed by atoms with Crippen LogP contribution in [0.3, 0.4) is 0 Å². The van der Waals surface area contributed by atoms with E-state index in [1.807, 2.05) is 0 Å². The van der Waals surface area contributed by atoms with E-state index in [1.54, 1.807) is 0 Å². The molecule has 1 aliphatic rings. The number of hydrogen-bond acceptors (Lipinski definition) is 3. The molecule has 1 heterocycles. The van der Waals surface area contributed by atoms with Crippen molar-refractivity contribution in [3.63, 3.8) is 0 Å². The standard InChI is InChI=1S/C6H14N2O.2ClH/c1-8-2-3-9-5-6(8)4-7;;/h6H,2-5,7H2,1H3;2*1H/t6-;;/m1../s1. The predicted molar refractivity (Wildman–Crippen MR) is 50.8 cm³/mol. The minimum absolute atomic E-state index is 0. The molecule has 70 valence electrons. The van der Waals surface area contributed by atoms with Crippen LogP contribution >= 0.6 is 24.8 Å². The molecule has 0 aromatic rings. The van der Waals surface area contributed by atoms with E-state index >= 15 is 0 Å². The topological polar surface area (TPSA) is 38.5 Å². The highest BCUT2D eigenvalue weighted by Crippen LogP contribution is 2.00. The zero-order valence-electron chi connectivity index (χ0n) is 6.66. The van der Waals surface area contributed by atoms with Crippen LogP contribution in [0.2, 0.25) is 0 Å². The number of rotatable bonds is 1. The SMILES string of the molecule is CN1CCOC[C@H]1CN.Cl.Cl. The molecule has 0 aromatic heterocycles. The van der Waals surface area contributed by atoms with Gasteiger partial charge in [-0.25, -0.2) is 0 Å². The molecular weight excluding hydrogens is 187 g/mol. The quantitative estimate of drug-likeness (QED) is 0.657. The summed E-state index contributed by atoms with van der Waals surface area (Å²) in [7, 11) is 2.08. The lowest BCUT2D eigenvalue weighted by molar-refractivity contribution is 0.00948. The zero-order chi connectivity index (χ0) is 6.69. The maximum Gasteiger partial charge on any atom is 0.0634 e. The second-order valence-corrected chi connectivity index (χ2v) is 2.45. The van der Waals surface area contributed by atoms with Crippen molar-refractivity contribution in [2.45, 2.75) is 6.04 Å². The van der Waals surface area contributed by atoms with Gasteiger partial charge in [-0.1, -0.05) is 0 Å². The van der Waals surface area contributed by atoms with Crippen LogP contribution in [0.4, 0.5) is 0 Å². The van der Waals surface area contributed by atoms with Gasteiger partial charge in [-0.15, -0.1) is 24.8 Å². The highest BCUT2D eigenvalue weighted by molar-refractivity contribution is 5.85. The summed E-state index contributed by atoms with van der Waals surface area (Å²) in [6.45, 7) is 3.37. The number of nitrogens with zero attached hydrogens (tertiary/aromatic N) is 1. The summed E-state index contributed by atoms with van der Waals surface area (Å²) in [5.41, 5.74) is 5.47. The van der Waals surface area contributed by atoms with Crippen LogP contribution in [-0.2, 0) is 4.74 Å². The molecule has 11 heavy (non-hydrogen) atoms. The fourth-order valence-electron chi connectivity index (χ4n) is 0.986. The normalized spacial score (nSPS) is 25.1. The van der Waals surface area contributed by atoms with Gasteiger partial charge in [0, 0.05) is 19.1 Å². The summed E-state index contributed by atoms with van der Waals surface area (Å²) < 4.78 is 5.22. The second kappa shape index (κ2) is 7.13. The molecule has 1 atom stereocenters. The summed E-state index contributed by atoms with van der Waals surface area (Å²) in [5.74, 6) is 0. The fraction of sp³-hybridized carbons (Fsp3) is 1.00.